The third-order valence-corrected chi connectivity index (χ3v) is 2.41. The molecule has 0 radical (unpaired) electrons. The highest BCUT2D eigenvalue weighted by molar-refractivity contribution is 5.91. The van der Waals surface area contributed by atoms with Gasteiger partial charge in [0, 0.05) is 24.9 Å². The lowest BCUT2D eigenvalue weighted by molar-refractivity contribution is 0.0993. The third-order valence-electron chi connectivity index (χ3n) is 2.41. The summed E-state index contributed by atoms with van der Waals surface area (Å²) in [5.41, 5.74) is 6.25. The predicted molar refractivity (Wildman–Crippen MR) is 50.8 cm³/mol. The smallest absolute Gasteiger partial charge is 0.269 e. The van der Waals surface area contributed by atoms with Crippen molar-refractivity contribution in [2.75, 3.05) is 13.1 Å². The molecular formula is C9H12N4O. The lowest BCUT2D eigenvalue weighted by atomic mass is 10.0. The number of amides is 1. The molecule has 1 fully saturated rings. The largest absolute Gasteiger partial charge is 0.364 e. The minimum atomic E-state index is -0.500. The normalized spacial score (nSPS) is 21.0. The van der Waals surface area contributed by atoms with Gasteiger partial charge in [0.2, 0.25) is 0 Å². The molecule has 3 N–H and O–H groups in total. The van der Waals surface area contributed by atoms with Crippen LogP contribution in [-0.4, -0.2) is 29.0 Å². The Kier molecular flexibility index (Phi) is 2.41. The van der Waals surface area contributed by atoms with Crippen LogP contribution in [0.1, 0.15) is 28.5 Å². The zero-order chi connectivity index (χ0) is 9.97. The van der Waals surface area contributed by atoms with Gasteiger partial charge in [0.1, 0.15) is 5.69 Å². The minimum absolute atomic E-state index is 0.270. The van der Waals surface area contributed by atoms with Crippen LogP contribution in [0.25, 0.3) is 0 Å². The van der Waals surface area contributed by atoms with Crippen molar-refractivity contribution in [3.05, 3.63) is 23.8 Å². The quantitative estimate of drug-likeness (QED) is 0.671. The second-order valence-electron chi connectivity index (χ2n) is 3.34. The van der Waals surface area contributed by atoms with Crippen LogP contribution in [0.5, 0.6) is 0 Å². The second-order valence-corrected chi connectivity index (χ2v) is 3.34. The SMILES string of the molecule is NC(=O)c1nccnc1[C@H]1CCNC1. The number of aromatic nitrogens is 2. The van der Waals surface area contributed by atoms with Crippen molar-refractivity contribution in [3.63, 3.8) is 0 Å². The summed E-state index contributed by atoms with van der Waals surface area (Å²) in [5.74, 6) is -0.230. The number of carbonyl (C=O) groups excluding carboxylic acids is 1. The van der Waals surface area contributed by atoms with Gasteiger partial charge in [-0.15, -0.1) is 0 Å². The number of primary amides is 1. The first-order chi connectivity index (χ1) is 6.79. The molecule has 0 saturated carbocycles. The molecule has 5 nitrogen and oxygen atoms in total. The van der Waals surface area contributed by atoms with E-state index < -0.39 is 5.91 Å². The fourth-order valence-electron chi connectivity index (χ4n) is 1.73. The molecule has 2 rings (SSSR count). The van der Waals surface area contributed by atoms with Crippen molar-refractivity contribution >= 4 is 5.91 Å². The maximum Gasteiger partial charge on any atom is 0.269 e. The standard InChI is InChI=1S/C9H12N4O/c10-9(14)8-7(12-3-4-13-8)6-1-2-11-5-6/h3-4,6,11H,1-2,5H2,(H2,10,14)/t6-/m0/s1. The lowest BCUT2D eigenvalue weighted by Gasteiger charge is -2.09. The lowest BCUT2D eigenvalue weighted by Crippen LogP contribution is -2.19. The number of nitrogens with two attached hydrogens (primary N) is 1. The van der Waals surface area contributed by atoms with Gasteiger partial charge in [-0.3, -0.25) is 9.78 Å². The molecule has 1 amide bonds. The Morgan fingerprint density at radius 2 is 2.29 bits per heavy atom. The molecule has 0 aliphatic carbocycles. The molecular weight excluding hydrogens is 180 g/mol. The van der Waals surface area contributed by atoms with Crippen LogP contribution in [0, 0.1) is 0 Å². The monoisotopic (exact) mass is 192 g/mol. The van der Waals surface area contributed by atoms with Gasteiger partial charge in [-0.25, -0.2) is 4.98 Å². The topological polar surface area (TPSA) is 80.9 Å². The molecule has 1 saturated heterocycles. The van der Waals surface area contributed by atoms with Crippen LogP contribution >= 0.6 is 0 Å². The molecule has 0 bridgehead atoms. The van der Waals surface area contributed by atoms with Gasteiger partial charge in [0.05, 0.1) is 5.69 Å². The van der Waals surface area contributed by atoms with Gasteiger partial charge < -0.3 is 11.1 Å². The van der Waals surface area contributed by atoms with Gasteiger partial charge in [-0.1, -0.05) is 0 Å². The van der Waals surface area contributed by atoms with E-state index in [0.29, 0.717) is 5.69 Å². The van der Waals surface area contributed by atoms with Crippen molar-refractivity contribution in [3.8, 4) is 0 Å². The van der Waals surface area contributed by atoms with Crippen molar-refractivity contribution < 1.29 is 4.79 Å². The Labute approximate surface area is 81.7 Å². The number of nitrogens with one attached hydrogen (secondary N) is 1. The first-order valence-electron chi connectivity index (χ1n) is 4.60. The van der Waals surface area contributed by atoms with E-state index in [1.165, 1.54) is 6.20 Å². The van der Waals surface area contributed by atoms with Crippen LogP contribution in [-0.2, 0) is 0 Å². The highest BCUT2D eigenvalue weighted by Crippen LogP contribution is 2.21. The molecule has 1 aromatic heterocycles. The molecule has 1 aromatic rings. The Bertz CT molecular complexity index is 346. The average Bonchev–Trinajstić information content (AvgIpc) is 2.70. The fraction of sp³-hybridized carbons (Fsp3) is 0.444. The summed E-state index contributed by atoms with van der Waals surface area (Å²) in [7, 11) is 0. The second kappa shape index (κ2) is 3.71. The Hall–Kier alpha value is -1.49. The summed E-state index contributed by atoms with van der Waals surface area (Å²) in [6.07, 6.45) is 4.07. The van der Waals surface area contributed by atoms with Crippen LogP contribution < -0.4 is 11.1 Å². The maximum atomic E-state index is 11.1. The average molecular weight is 192 g/mol. The maximum absolute atomic E-state index is 11.1. The summed E-state index contributed by atoms with van der Waals surface area (Å²) < 4.78 is 0. The molecule has 0 spiro atoms. The molecule has 5 heteroatoms. The molecule has 14 heavy (non-hydrogen) atoms. The van der Waals surface area contributed by atoms with Crippen LogP contribution in [0.3, 0.4) is 0 Å². The van der Waals surface area contributed by atoms with Gasteiger partial charge in [0.15, 0.2) is 0 Å². The highest BCUT2D eigenvalue weighted by Gasteiger charge is 2.23. The van der Waals surface area contributed by atoms with Crippen LogP contribution in [0.4, 0.5) is 0 Å². The van der Waals surface area contributed by atoms with Crippen LogP contribution in [0.15, 0.2) is 12.4 Å². The number of nitrogens with zero attached hydrogens (tertiary/aromatic N) is 2. The first kappa shape index (κ1) is 9.08. The molecule has 2 heterocycles. The molecule has 1 aliphatic heterocycles. The van der Waals surface area contributed by atoms with E-state index in [1.807, 2.05) is 0 Å². The zero-order valence-electron chi connectivity index (χ0n) is 7.73. The van der Waals surface area contributed by atoms with Crippen LogP contribution in [0.2, 0.25) is 0 Å². The van der Waals surface area contributed by atoms with E-state index in [9.17, 15) is 4.79 Å². The predicted octanol–water partition coefficient (Wildman–Crippen LogP) is -0.348. The van der Waals surface area contributed by atoms with Gasteiger partial charge in [-0.2, -0.15) is 0 Å². The number of carbonyl (C=O) groups is 1. The molecule has 1 atom stereocenters. The summed E-state index contributed by atoms with van der Waals surface area (Å²) >= 11 is 0. The van der Waals surface area contributed by atoms with Crippen molar-refractivity contribution in [2.45, 2.75) is 12.3 Å². The first-order valence-corrected chi connectivity index (χ1v) is 4.60. The van der Waals surface area contributed by atoms with E-state index in [-0.39, 0.29) is 5.92 Å². The fourth-order valence-corrected chi connectivity index (χ4v) is 1.73. The number of hydrogen-bond donors (Lipinski definition) is 2. The summed E-state index contributed by atoms with van der Waals surface area (Å²) in [5, 5.41) is 3.22. The molecule has 74 valence electrons. The number of hydrogen-bond acceptors (Lipinski definition) is 4. The highest BCUT2D eigenvalue weighted by atomic mass is 16.1. The molecule has 0 unspecified atom stereocenters. The summed E-state index contributed by atoms with van der Waals surface area (Å²) in [6, 6.07) is 0. The molecule has 1 aliphatic rings. The third kappa shape index (κ3) is 1.58. The van der Waals surface area contributed by atoms with E-state index in [2.05, 4.69) is 15.3 Å². The van der Waals surface area contributed by atoms with Crippen molar-refractivity contribution in [2.24, 2.45) is 5.73 Å². The van der Waals surface area contributed by atoms with E-state index in [0.717, 1.165) is 25.2 Å². The minimum Gasteiger partial charge on any atom is -0.364 e. The van der Waals surface area contributed by atoms with Crippen molar-refractivity contribution in [1.29, 1.82) is 0 Å². The van der Waals surface area contributed by atoms with Gasteiger partial charge >= 0.3 is 0 Å². The van der Waals surface area contributed by atoms with E-state index in [1.54, 1.807) is 6.20 Å². The molecule has 0 aromatic carbocycles. The Morgan fingerprint density at radius 3 is 2.93 bits per heavy atom. The van der Waals surface area contributed by atoms with E-state index >= 15 is 0 Å². The Morgan fingerprint density at radius 1 is 1.50 bits per heavy atom. The van der Waals surface area contributed by atoms with Gasteiger partial charge in [0.25, 0.3) is 5.91 Å². The number of rotatable bonds is 2. The summed E-state index contributed by atoms with van der Waals surface area (Å²) in [6.45, 7) is 1.80. The summed E-state index contributed by atoms with van der Waals surface area (Å²) in [4.78, 5) is 19.2. The van der Waals surface area contributed by atoms with Crippen molar-refractivity contribution in [1.82, 2.24) is 15.3 Å². The van der Waals surface area contributed by atoms with Gasteiger partial charge in [-0.05, 0) is 13.0 Å². The zero-order valence-corrected chi connectivity index (χ0v) is 7.73. The van der Waals surface area contributed by atoms with E-state index in [4.69, 9.17) is 5.73 Å². The Balaban J connectivity index is 2.35.